The number of ether oxygens (including phenoxy) is 2. The van der Waals surface area contributed by atoms with Crippen molar-refractivity contribution in [3.8, 4) is 0 Å². The molecule has 1 aromatic carbocycles. The summed E-state index contributed by atoms with van der Waals surface area (Å²) in [6.45, 7) is 3.99. The van der Waals surface area contributed by atoms with Crippen LogP contribution in [0, 0.1) is 0 Å². The van der Waals surface area contributed by atoms with Crippen LogP contribution in [0.3, 0.4) is 0 Å². The lowest BCUT2D eigenvalue weighted by Crippen LogP contribution is -2.11. The summed E-state index contributed by atoms with van der Waals surface area (Å²) in [5, 5.41) is 8.71. The summed E-state index contributed by atoms with van der Waals surface area (Å²) >= 11 is 0. The number of hydrogen-bond acceptors (Lipinski definition) is 3. The summed E-state index contributed by atoms with van der Waals surface area (Å²) in [5.74, 6) is -0.950. The van der Waals surface area contributed by atoms with Crippen LogP contribution in [0.5, 0.6) is 0 Å². The van der Waals surface area contributed by atoms with Crippen molar-refractivity contribution in [2.24, 2.45) is 0 Å². The van der Waals surface area contributed by atoms with Crippen LogP contribution in [0.1, 0.15) is 24.7 Å². The number of carboxylic acids is 1. The highest BCUT2D eigenvalue weighted by molar-refractivity contribution is 5.85. The molecule has 96 valence electrons. The van der Waals surface area contributed by atoms with E-state index in [1.165, 1.54) is 0 Å². The second-order valence-electron chi connectivity index (χ2n) is 4.28. The first-order valence-corrected chi connectivity index (χ1v) is 5.90. The van der Waals surface area contributed by atoms with Crippen molar-refractivity contribution in [3.63, 3.8) is 0 Å². The van der Waals surface area contributed by atoms with E-state index in [0.717, 1.165) is 5.56 Å². The Hall–Kier alpha value is -1.65. The highest BCUT2D eigenvalue weighted by Crippen LogP contribution is 2.28. The fourth-order valence-electron chi connectivity index (χ4n) is 1.83. The molecule has 1 heterocycles. The van der Waals surface area contributed by atoms with Gasteiger partial charge in [-0.25, -0.2) is 4.79 Å². The van der Waals surface area contributed by atoms with Gasteiger partial charge in [0.2, 0.25) is 0 Å². The van der Waals surface area contributed by atoms with E-state index < -0.39 is 5.97 Å². The average Bonchev–Trinajstić information content (AvgIpc) is 2.85. The SMILES string of the molecule is C=C(CCC1COC(c2ccccc2)O1)C(=O)O. The molecule has 1 saturated heterocycles. The highest BCUT2D eigenvalue weighted by atomic mass is 16.7. The highest BCUT2D eigenvalue weighted by Gasteiger charge is 2.27. The second kappa shape index (κ2) is 5.80. The Morgan fingerprint density at radius 2 is 2.11 bits per heavy atom. The van der Waals surface area contributed by atoms with Crippen LogP contribution in [0.25, 0.3) is 0 Å². The van der Waals surface area contributed by atoms with Crippen LogP contribution >= 0.6 is 0 Å². The molecule has 0 radical (unpaired) electrons. The molecule has 2 rings (SSSR count). The van der Waals surface area contributed by atoms with Gasteiger partial charge in [-0.2, -0.15) is 0 Å². The van der Waals surface area contributed by atoms with Gasteiger partial charge in [0.25, 0.3) is 0 Å². The predicted octanol–water partition coefficient (Wildman–Crippen LogP) is 2.52. The minimum atomic E-state index is -0.950. The number of carboxylic acid groups (broad SMARTS) is 1. The summed E-state index contributed by atoms with van der Waals surface area (Å²) < 4.78 is 11.3. The first-order valence-electron chi connectivity index (χ1n) is 5.90. The normalized spacial score (nSPS) is 22.9. The van der Waals surface area contributed by atoms with Gasteiger partial charge in [-0.15, -0.1) is 0 Å². The van der Waals surface area contributed by atoms with Crippen molar-refractivity contribution in [1.82, 2.24) is 0 Å². The Balaban J connectivity index is 1.82. The van der Waals surface area contributed by atoms with Crippen LogP contribution < -0.4 is 0 Å². The molecule has 0 bridgehead atoms. The van der Waals surface area contributed by atoms with Gasteiger partial charge < -0.3 is 14.6 Å². The summed E-state index contributed by atoms with van der Waals surface area (Å²) in [6, 6.07) is 9.70. The first kappa shape index (κ1) is 12.8. The monoisotopic (exact) mass is 248 g/mol. The Kier molecular flexibility index (Phi) is 4.12. The van der Waals surface area contributed by atoms with Gasteiger partial charge in [-0.05, 0) is 12.8 Å². The molecule has 1 aliphatic rings. The van der Waals surface area contributed by atoms with Gasteiger partial charge in [0.15, 0.2) is 6.29 Å². The van der Waals surface area contributed by atoms with E-state index in [2.05, 4.69) is 6.58 Å². The molecule has 0 aliphatic carbocycles. The Labute approximate surface area is 106 Å². The minimum absolute atomic E-state index is 0.0636. The molecule has 1 aliphatic heterocycles. The third-order valence-corrected chi connectivity index (χ3v) is 2.89. The van der Waals surface area contributed by atoms with E-state index in [0.29, 0.717) is 19.4 Å². The zero-order valence-corrected chi connectivity index (χ0v) is 10.0. The van der Waals surface area contributed by atoms with Gasteiger partial charge in [-0.1, -0.05) is 36.9 Å². The van der Waals surface area contributed by atoms with E-state index >= 15 is 0 Å². The third kappa shape index (κ3) is 3.18. The van der Waals surface area contributed by atoms with E-state index in [1.807, 2.05) is 30.3 Å². The number of benzene rings is 1. The smallest absolute Gasteiger partial charge is 0.330 e. The summed E-state index contributed by atoms with van der Waals surface area (Å²) in [5.41, 5.74) is 1.19. The Morgan fingerprint density at radius 1 is 1.39 bits per heavy atom. The van der Waals surface area contributed by atoms with Gasteiger partial charge in [0.1, 0.15) is 0 Å². The van der Waals surface area contributed by atoms with E-state index in [-0.39, 0.29) is 18.0 Å². The number of hydrogen-bond donors (Lipinski definition) is 1. The molecule has 4 nitrogen and oxygen atoms in total. The molecular weight excluding hydrogens is 232 g/mol. The van der Waals surface area contributed by atoms with Crippen molar-refractivity contribution in [2.45, 2.75) is 25.2 Å². The molecule has 18 heavy (non-hydrogen) atoms. The fraction of sp³-hybridized carbons (Fsp3) is 0.357. The maximum atomic E-state index is 10.6. The maximum absolute atomic E-state index is 10.6. The van der Waals surface area contributed by atoms with E-state index in [4.69, 9.17) is 14.6 Å². The molecule has 0 amide bonds. The number of rotatable bonds is 5. The molecular formula is C14H16O4. The molecule has 0 spiro atoms. The lowest BCUT2D eigenvalue weighted by Gasteiger charge is -2.11. The van der Waals surface area contributed by atoms with Crippen molar-refractivity contribution in [2.75, 3.05) is 6.61 Å². The van der Waals surface area contributed by atoms with Gasteiger partial charge in [0, 0.05) is 11.1 Å². The second-order valence-corrected chi connectivity index (χ2v) is 4.28. The summed E-state index contributed by atoms with van der Waals surface area (Å²) in [6.07, 6.45) is 0.639. The summed E-state index contributed by atoms with van der Waals surface area (Å²) in [7, 11) is 0. The zero-order valence-electron chi connectivity index (χ0n) is 10.0. The largest absolute Gasteiger partial charge is 0.478 e. The zero-order chi connectivity index (χ0) is 13.0. The predicted molar refractivity (Wildman–Crippen MR) is 66.0 cm³/mol. The van der Waals surface area contributed by atoms with E-state index in [9.17, 15) is 4.79 Å². The fourth-order valence-corrected chi connectivity index (χ4v) is 1.83. The van der Waals surface area contributed by atoms with Crippen LogP contribution in [-0.2, 0) is 14.3 Å². The third-order valence-electron chi connectivity index (χ3n) is 2.89. The molecule has 0 aromatic heterocycles. The molecule has 2 atom stereocenters. The minimum Gasteiger partial charge on any atom is -0.478 e. The Morgan fingerprint density at radius 3 is 2.78 bits per heavy atom. The quantitative estimate of drug-likeness (QED) is 0.813. The molecule has 4 heteroatoms. The average molecular weight is 248 g/mol. The van der Waals surface area contributed by atoms with Crippen LogP contribution in [0.15, 0.2) is 42.5 Å². The van der Waals surface area contributed by atoms with Gasteiger partial charge >= 0.3 is 5.97 Å². The van der Waals surface area contributed by atoms with Crippen LogP contribution in [0.4, 0.5) is 0 Å². The standard InChI is InChI=1S/C14H16O4/c1-10(13(15)16)7-8-12-9-17-14(18-12)11-5-3-2-4-6-11/h2-6,12,14H,1,7-9H2,(H,15,16). The lowest BCUT2D eigenvalue weighted by molar-refractivity contribution is -0.132. The van der Waals surface area contributed by atoms with Gasteiger partial charge in [0.05, 0.1) is 12.7 Å². The lowest BCUT2D eigenvalue weighted by atomic mass is 10.1. The number of carbonyl (C=O) groups is 1. The molecule has 0 saturated carbocycles. The van der Waals surface area contributed by atoms with Gasteiger partial charge in [-0.3, -0.25) is 0 Å². The van der Waals surface area contributed by atoms with Crippen molar-refractivity contribution in [3.05, 3.63) is 48.0 Å². The maximum Gasteiger partial charge on any atom is 0.330 e. The summed E-state index contributed by atoms with van der Waals surface area (Å²) in [4.78, 5) is 10.6. The van der Waals surface area contributed by atoms with Crippen molar-refractivity contribution in [1.29, 1.82) is 0 Å². The van der Waals surface area contributed by atoms with Crippen LogP contribution in [-0.4, -0.2) is 23.8 Å². The molecule has 1 aromatic rings. The van der Waals surface area contributed by atoms with Crippen LogP contribution in [0.2, 0.25) is 0 Å². The Bertz CT molecular complexity index is 427. The van der Waals surface area contributed by atoms with Crippen molar-refractivity contribution < 1.29 is 19.4 Å². The molecule has 2 unspecified atom stereocenters. The molecule has 1 N–H and O–H groups in total. The first-order chi connectivity index (χ1) is 8.66. The molecule has 1 fully saturated rings. The van der Waals surface area contributed by atoms with E-state index in [1.54, 1.807) is 0 Å². The number of aliphatic carboxylic acids is 1. The van der Waals surface area contributed by atoms with Crippen molar-refractivity contribution >= 4 is 5.97 Å². The topological polar surface area (TPSA) is 55.8 Å².